The molecule has 0 bridgehead atoms. The molecule has 14 heteroatoms. The monoisotopic (exact) mass is 1300 g/mol. The molecule has 2 atom stereocenters. The molecule has 0 heterocycles. The number of carbonyl (C=O) groups is 6. The first-order valence-corrected chi connectivity index (χ1v) is 39.7. The number of carboxylic acids is 1. The van der Waals surface area contributed by atoms with Gasteiger partial charge in [-0.25, -0.2) is 0 Å². The van der Waals surface area contributed by atoms with E-state index in [1.54, 1.807) is 0 Å². The first-order valence-electron chi connectivity index (χ1n) is 39.7. The van der Waals surface area contributed by atoms with E-state index in [0.717, 1.165) is 187 Å². The van der Waals surface area contributed by atoms with E-state index in [1.165, 1.54) is 154 Å². The maximum absolute atomic E-state index is 13.2. The van der Waals surface area contributed by atoms with Gasteiger partial charge < -0.3 is 39.8 Å². The summed E-state index contributed by atoms with van der Waals surface area (Å²) in [6.45, 7) is 18.9. The second kappa shape index (κ2) is 69.1. The molecule has 3 N–H and O–H groups in total. The lowest BCUT2D eigenvalue weighted by Crippen LogP contribution is -2.40. The zero-order valence-electron chi connectivity index (χ0n) is 61.3. The third kappa shape index (κ3) is 62.8. The van der Waals surface area contributed by atoms with Crippen molar-refractivity contribution in [2.75, 3.05) is 52.4 Å². The molecule has 0 saturated heterocycles. The van der Waals surface area contributed by atoms with Crippen molar-refractivity contribution in [1.82, 2.24) is 20.4 Å². The third-order valence-corrected chi connectivity index (χ3v) is 18.6. The van der Waals surface area contributed by atoms with E-state index in [0.29, 0.717) is 51.9 Å². The first kappa shape index (κ1) is 88.7. The number of carboxylic acid groups (broad SMARTS) is 1. The van der Waals surface area contributed by atoms with E-state index >= 15 is 0 Å². The van der Waals surface area contributed by atoms with Crippen molar-refractivity contribution in [3.05, 3.63) is 0 Å². The van der Waals surface area contributed by atoms with Crippen LogP contribution < -0.4 is 10.6 Å². The second-order valence-electron chi connectivity index (χ2n) is 27.4. The summed E-state index contributed by atoms with van der Waals surface area (Å²) in [6, 6.07) is 0. The molecule has 0 fully saturated rings. The summed E-state index contributed by atoms with van der Waals surface area (Å²) in [7, 11) is 0. The first-order chi connectivity index (χ1) is 44.9. The van der Waals surface area contributed by atoms with Gasteiger partial charge in [0.1, 0.15) is 24.7 Å². The largest absolute Gasteiger partial charge is 0.481 e. The fourth-order valence-corrected chi connectivity index (χ4v) is 12.5. The van der Waals surface area contributed by atoms with Gasteiger partial charge in [0, 0.05) is 51.9 Å². The van der Waals surface area contributed by atoms with Gasteiger partial charge in [-0.15, -0.1) is 0 Å². The lowest BCUT2D eigenvalue weighted by molar-refractivity contribution is -0.150. The number of aliphatic carboxylic acids is 1. The van der Waals surface area contributed by atoms with Crippen LogP contribution in [0, 0.1) is 0 Å². The van der Waals surface area contributed by atoms with E-state index in [-0.39, 0.29) is 60.9 Å². The highest BCUT2D eigenvalue weighted by Crippen LogP contribution is 2.21. The van der Waals surface area contributed by atoms with E-state index in [4.69, 9.17) is 19.3 Å². The maximum atomic E-state index is 13.2. The number of amides is 2. The normalized spacial score (nSPS) is 12.2. The van der Waals surface area contributed by atoms with Crippen LogP contribution in [0.4, 0.5) is 0 Å². The van der Waals surface area contributed by atoms with Crippen LogP contribution in [0.5, 0.6) is 0 Å². The zero-order chi connectivity index (χ0) is 67.4. The Morgan fingerprint density at radius 1 is 0.293 bits per heavy atom. The minimum absolute atomic E-state index is 0.00447. The average molecular weight is 1300 g/mol. The van der Waals surface area contributed by atoms with Crippen molar-refractivity contribution in [3.8, 4) is 0 Å². The molecule has 0 aromatic rings. The van der Waals surface area contributed by atoms with Crippen LogP contribution in [-0.4, -0.2) is 121 Å². The number of carbonyl (C=O) groups excluding carboxylic acids is 5. The molecule has 0 aliphatic rings. The van der Waals surface area contributed by atoms with Gasteiger partial charge in [-0.3, -0.25) is 28.8 Å². The topological polar surface area (TPSA) is 181 Å². The van der Waals surface area contributed by atoms with Crippen LogP contribution >= 0.6 is 0 Å². The average Bonchev–Trinajstić information content (AvgIpc) is 3.74. The fraction of sp³-hybridized carbons (Fsp3) is 0.923. The molecule has 14 nitrogen and oxygen atoms in total. The molecule has 0 spiro atoms. The number of unbranched alkanes of at least 4 members (excludes halogenated alkanes) is 36. The van der Waals surface area contributed by atoms with Gasteiger partial charge in [-0.05, 0) is 142 Å². The Morgan fingerprint density at radius 2 is 0.533 bits per heavy atom. The molecule has 0 aromatic carbocycles. The number of nitrogens with zero attached hydrogens (tertiary/aromatic N) is 2. The molecule has 0 saturated carbocycles. The minimum atomic E-state index is -0.750. The summed E-state index contributed by atoms with van der Waals surface area (Å²) in [5, 5.41) is 15.0. The SMILES string of the molecule is CCCCCCCCCCC(CC)OC(=O)CCCCCN(CCCCCCCC(=O)O)CCNC(=O)CC(=O)NCCN(CCCCCCCC(=O)OC(CCCCCCCC)CCCCCCCC)CCCCCC(=O)OC(CC)CCCCCCCCCC. The van der Waals surface area contributed by atoms with Gasteiger partial charge in [-0.1, -0.05) is 247 Å². The lowest BCUT2D eigenvalue weighted by atomic mass is 10.0. The molecule has 92 heavy (non-hydrogen) atoms. The Labute approximate surface area is 567 Å². The highest BCUT2D eigenvalue weighted by Gasteiger charge is 2.18. The Bertz CT molecular complexity index is 1670. The molecular weight excluding hydrogens is 1150 g/mol. The summed E-state index contributed by atoms with van der Waals surface area (Å²) in [4.78, 5) is 80.7. The van der Waals surface area contributed by atoms with E-state index in [2.05, 4.69) is 62.0 Å². The summed E-state index contributed by atoms with van der Waals surface area (Å²) in [6.07, 6.45) is 57.0. The quantitative estimate of drug-likeness (QED) is 0.0227. The highest BCUT2D eigenvalue weighted by atomic mass is 16.6. The van der Waals surface area contributed by atoms with Crippen LogP contribution in [0.3, 0.4) is 0 Å². The van der Waals surface area contributed by atoms with Crippen LogP contribution in [0.15, 0.2) is 0 Å². The number of hydrogen-bond acceptors (Lipinski definition) is 11. The molecule has 0 radical (unpaired) electrons. The van der Waals surface area contributed by atoms with Gasteiger partial charge in [0.05, 0.1) is 0 Å². The standard InChI is InChI=1S/C78H150N4O10/c1-7-13-17-21-25-27-33-41-53-70(11-5)90-76(87)59-47-39-51-65-81(63-49-37-29-35-45-57-75(85)86)67-61-79-73(83)69-74(84)80-62-68-82(66-52-40-48-60-77(88)91-71(12-6)54-42-34-28-26-22-18-14-8-2)64-50-38-30-36-46-58-78(89)92-72(55-43-31-23-19-15-9-3)56-44-32-24-20-16-10-4/h70-72H,7-69H2,1-6H3,(H,79,83)(H,80,84)(H,85,86). The van der Waals surface area contributed by atoms with Crippen molar-refractivity contribution in [2.45, 2.75) is 413 Å². The molecule has 542 valence electrons. The third-order valence-electron chi connectivity index (χ3n) is 18.6. The highest BCUT2D eigenvalue weighted by molar-refractivity contribution is 5.96. The van der Waals surface area contributed by atoms with E-state index < -0.39 is 5.97 Å². The van der Waals surface area contributed by atoms with Crippen molar-refractivity contribution < 1.29 is 48.1 Å². The van der Waals surface area contributed by atoms with Crippen molar-refractivity contribution >= 4 is 35.7 Å². The van der Waals surface area contributed by atoms with Crippen LogP contribution in [-0.2, 0) is 43.0 Å². The van der Waals surface area contributed by atoms with E-state index in [1.807, 2.05) is 0 Å². The second-order valence-corrected chi connectivity index (χ2v) is 27.4. The lowest BCUT2D eigenvalue weighted by Gasteiger charge is -2.23. The van der Waals surface area contributed by atoms with Gasteiger partial charge in [-0.2, -0.15) is 0 Å². The number of ether oxygens (including phenoxy) is 3. The molecule has 0 aromatic heterocycles. The number of rotatable bonds is 73. The van der Waals surface area contributed by atoms with Gasteiger partial charge in [0.2, 0.25) is 11.8 Å². The summed E-state index contributed by atoms with van der Waals surface area (Å²) < 4.78 is 17.9. The molecule has 0 rings (SSSR count). The Hall–Kier alpha value is -3.26. The van der Waals surface area contributed by atoms with Gasteiger partial charge in [0.15, 0.2) is 0 Å². The smallest absolute Gasteiger partial charge is 0.306 e. The summed E-state index contributed by atoms with van der Waals surface area (Å²) >= 11 is 0. The molecular formula is C78H150N4O10. The molecule has 2 amide bonds. The molecule has 2 unspecified atom stereocenters. The number of hydrogen-bond donors (Lipinski definition) is 3. The zero-order valence-corrected chi connectivity index (χ0v) is 61.3. The van der Waals surface area contributed by atoms with Gasteiger partial charge >= 0.3 is 23.9 Å². The fourth-order valence-electron chi connectivity index (χ4n) is 12.5. The van der Waals surface area contributed by atoms with Crippen molar-refractivity contribution in [3.63, 3.8) is 0 Å². The van der Waals surface area contributed by atoms with Crippen molar-refractivity contribution in [1.29, 1.82) is 0 Å². The minimum Gasteiger partial charge on any atom is -0.481 e. The van der Waals surface area contributed by atoms with Gasteiger partial charge in [0.25, 0.3) is 0 Å². The van der Waals surface area contributed by atoms with Crippen LogP contribution in [0.2, 0.25) is 0 Å². The van der Waals surface area contributed by atoms with Crippen LogP contribution in [0.25, 0.3) is 0 Å². The summed E-state index contributed by atoms with van der Waals surface area (Å²) in [5.41, 5.74) is 0. The molecule has 0 aliphatic carbocycles. The Kier molecular flexibility index (Phi) is 66.7. The molecule has 0 aliphatic heterocycles. The number of nitrogens with one attached hydrogen (secondary N) is 2. The predicted molar refractivity (Wildman–Crippen MR) is 384 cm³/mol. The van der Waals surface area contributed by atoms with Crippen molar-refractivity contribution in [2.24, 2.45) is 0 Å². The van der Waals surface area contributed by atoms with E-state index in [9.17, 15) is 28.8 Å². The van der Waals surface area contributed by atoms with Crippen LogP contribution in [0.1, 0.15) is 395 Å². The Balaban J connectivity index is 5.26. The number of esters is 3. The Morgan fingerprint density at radius 3 is 0.826 bits per heavy atom. The maximum Gasteiger partial charge on any atom is 0.306 e. The predicted octanol–water partition coefficient (Wildman–Crippen LogP) is 20.2. The summed E-state index contributed by atoms with van der Waals surface area (Å²) in [5.74, 6) is -1.56.